The maximum Gasteiger partial charge on any atom is 0.255 e. The van der Waals surface area contributed by atoms with Gasteiger partial charge < -0.3 is 10.2 Å². The predicted octanol–water partition coefficient (Wildman–Crippen LogP) is 1.40. The minimum atomic E-state index is -3.07. The van der Waals surface area contributed by atoms with Gasteiger partial charge in [-0.2, -0.15) is 0 Å². The van der Waals surface area contributed by atoms with Crippen LogP contribution in [0.25, 0.3) is 0 Å². The zero-order valence-electron chi connectivity index (χ0n) is 15.0. The highest BCUT2D eigenvalue weighted by atomic mass is 32.2. The van der Waals surface area contributed by atoms with Crippen LogP contribution in [0.15, 0.2) is 18.5 Å². The quantitative estimate of drug-likeness (QED) is 0.853. The van der Waals surface area contributed by atoms with Crippen LogP contribution in [-0.4, -0.2) is 60.8 Å². The van der Waals surface area contributed by atoms with Gasteiger partial charge in [-0.25, -0.2) is 8.42 Å². The highest BCUT2D eigenvalue weighted by Crippen LogP contribution is 2.20. The number of hydrogen-bond acceptors (Lipinski definition) is 5. The zero-order chi connectivity index (χ0) is 18.7. The van der Waals surface area contributed by atoms with Gasteiger partial charge >= 0.3 is 0 Å². The van der Waals surface area contributed by atoms with E-state index in [4.69, 9.17) is 0 Å². The van der Waals surface area contributed by atoms with Crippen LogP contribution in [0.1, 0.15) is 59.2 Å². The summed E-state index contributed by atoms with van der Waals surface area (Å²) in [5.74, 6) is -0.431. The SMILES string of the molecule is CN(C(=O)c1cncc(C(=O)NC2CCCCC2)c1)C1CCS(=O)(=O)C1. The smallest absolute Gasteiger partial charge is 0.255 e. The fraction of sp³-hybridized carbons (Fsp3) is 0.611. The van der Waals surface area contributed by atoms with Crippen LogP contribution in [0.5, 0.6) is 0 Å². The number of pyridine rings is 1. The topological polar surface area (TPSA) is 96.4 Å². The van der Waals surface area contributed by atoms with E-state index in [1.807, 2.05) is 0 Å². The lowest BCUT2D eigenvalue weighted by Crippen LogP contribution is -2.38. The number of nitrogens with one attached hydrogen (secondary N) is 1. The first-order valence-electron chi connectivity index (χ1n) is 9.09. The summed E-state index contributed by atoms with van der Waals surface area (Å²) in [6.45, 7) is 0. The Balaban J connectivity index is 1.68. The van der Waals surface area contributed by atoms with Crippen molar-refractivity contribution in [2.45, 2.75) is 50.6 Å². The second-order valence-corrected chi connectivity index (χ2v) is 9.47. The summed E-state index contributed by atoms with van der Waals surface area (Å²) in [5, 5.41) is 3.01. The van der Waals surface area contributed by atoms with Crippen LogP contribution in [0.4, 0.5) is 0 Å². The second-order valence-electron chi connectivity index (χ2n) is 7.24. The molecule has 1 N–H and O–H groups in total. The van der Waals surface area contributed by atoms with Gasteiger partial charge in [-0.1, -0.05) is 19.3 Å². The Labute approximate surface area is 154 Å². The van der Waals surface area contributed by atoms with E-state index >= 15 is 0 Å². The lowest BCUT2D eigenvalue weighted by molar-refractivity contribution is 0.0747. The van der Waals surface area contributed by atoms with Gasteiger partial charge in [0.1, 0.15) is 0 Å². The average Bonchev–Trinajstić information content (AvgIpc) is 3.01. The van der Waals surface area contributed by atoms with E-state index in [1.165, 1.54) is 29.8 Å². The number of hydrogen-bond donors (Lipinski definition) is 1. The third-order valence-corrected chi connectivity index (χ3v) is 7.01. The minimum absolute atomic E-state index is 0.00940. The fourth-order valence-electron chi connectivity index (χ4n) is 3.65. The predicted molar refractivity (Wildman–Crippen MR) is 97.7 cm³/mol. The highest BCUT2D eigenvalue weighted by molar-refractivity contribution is 7.91. The lowest BCUT2D eigenvalue weighted by atomic mass is 9.95. The average molecular weight is 379 g/mol. The standard InChI is InChI=1S/C18H25N3O4S/c1-21(16-7-8-26(24,25)12-16)18(23)14-9-13(10-19-11-14)17(22)20-15-5-3-2-4-6-15/h9-11,15-16H,2-8,12H2,1H3,(H,20,22). The monoisotopic (exact) mass is 379 g/mol. The molecule has 1 unspecified atom stereocenters. The minimum Gasteiger partial charge on any atom is -0.349 e. The van der Waals surface area contributed by atoms with Gasteiger partial charge in [0.2, 0.25) is 0 Å². The van der Waals surface area contributed by atoms with Gasteiger partial charge in [0.25, 0.3) is 11.8 Å². The molecular weight excluding hydrogens is 354 g/mol. The van der Waals surface area contributed by atoms with E-state index < -0.39 is 9.84 Å². The molecule has 0 aromatic carbocycles. The molecule has 0 bridgehead atoms. The van der Waals surface area contributed by atoms with Crippen molar-refractivity contribution in [3.63, 3.8) is 0 Å². The molecule has 2 heterocycles. The van der Waals surface area contributed by atoms with Crippen molar-refractivity contribution in [1.82, 2.24) is 15.2 Å². The molecular formula is C18H25N3O4S. The van der Waals surface area contributed by atoms with Crippen molar-refractivity contribution in [3.05, 3.63) is 29.6 Å². The van der Waals surface area contributed by atoms with Crippen LogP contribution in [-0.2, 0) is 9.84 Å². The van der Waals surface area contributed by atoms with Crippen LogP contribution in [0.3, 0.4) is 0 Å². The highest BCUT2D eigenvalue weighted by Gasteiger charge is 2.33. The van der Waals surface area contributed by atoms with Gasteiger partial charge in [-0.05, 0) is 25.3 Å². The Morgan fingerprint density at radius 2 is 1.81 bits per heavy atom. The maximum atomic E-state index is 12.7. The number of carbonyl (C=O) groups is 2. The summed E-state index contributed by atoms with van der Waals surface area (Å²) < 4.78 is 23.3. The first-order valence-corrected chi connectivity index (χ1v) is 10.9. The molecule has 1 aromatic heterocycles. The number of carbonyl (C=O) groups excluding carboxylic acids is 2. The first kappa shape index (κ1) is 18.8. The fourth-order valence-corrected chi connectivity index (χ4v) is 5.42. The molecule has 142 valence electrons. The van der Waals surface area contributed by atoms with E-state index in [9.17, 15) is 18.0 Å². The van der Waals surface area contributed by atoms with Crippen LogP contribution >= 0.6 is 0 Å². The van der Waals surface area contributed by atoms with E-state index in [2.05, 4.69) is 10.3 Å². The van der Waals surface area contributed by atoms with Crippen molar-refractivity contribution in [2.24, 2.45) is 0 Å². The molecule has 1 aliphatic heterocycles. The lowest BCUT2D eigenvalue weighted by Gasteiger charge is -2.24. The van der Waals surface area contributed by atoms with Gasteiger partial charge in [0.15, 0.2) is 9.84 Å². The molecule has 2 fully saturated rings. The molecule has 8 heteroatoms. The first-order chi connectivity index (χ1) is 12.4. The normalized spacial score (nSPS) is 22.7. The van der Waals surface area contributed by atoms with Gasteiger partial charge in [-0.3, -0.25) is 14.6 Å². The number of aromatic nitrogens is 1. The largest absolute Gasteiger partial charge is 0.349 e. The Kier molecular flexibility index (Phi) is 5.60. The molecule has 0 spiro atoms. The van der Waals surface area contributed by atoms with Crippen LogP contribution in [0.2, 0.25) is 0 Å². The van der Waals surface area contributed by atoms with Crippen molar-refractivity contribution < 1.29 is 18.0 Å². The summed E-state index contributed by atoms with van der Waals surface area (Å²) in [6, 6.07) is 1.39. The Hall–Kier alpha value is -1.96. The summed E-state index contributed by atoms with van der Waals surface area (Å²) in [4.78, 5) is 30.6. The molecule has 2 aliphatic rings. The Morgan fingerprint density at radius 3 is 2.46 bits per heavy atom. The van der Waals surface area contributed by atoms with Crippen molar-refractivity contribution in [3.8, 4) is 0 Å². The third-order valence-electron chi connectivity index (χ3n) is 5.26. The van der Waals surface area contributed by atoms with Crippen molar-refractivity contribution >= 4 is 21.7 Å². The van der Waals surface area contributed by atoms with E-state index in [-0.39, 0.29) is 35.4 Å². The van der Waals surface area contributed by atoms with Crippen molar-refractivity contribution in [1.29, 1.82) is 0 Å². The van der Waals surface area contributed by atoms with E-state index in [0.717, 1.165) is 25.7 Å². The third kappa shape index (κ3) is 4.41. The number of nitrogens with zero attached hydrogens (tertiary/aromatic N) is 2. The molecule has 1 aliphatic carbocycles. The second kappa shape index (κ2) is 7.73. The number of rotatable bonds is 4. The zero-order valence-corrected chi connectivity index (χ0v) is 15.8. The summed E-state index contributed by atoms with van der Waals surface area (Å²) in [5.41, 5.74) is 0.655. The summed E-state index contributed by atoms with van der Waals surface area (Å²) in [7, 11) is -1.47. The molecule has 2 amide bonds. The molecule has 1 atom stereocenters. The molecule has 7 nitrogen and oxygen atoms in total. The Morgan fingerprint density at radius 1 is 1.12 bits per heavy atom. The molecule has 3 rings (SSSR count). The molecule has 1 saturated heterocycles. The number of sulfone groups is 1. The summed E-state index contributed by atoms with van der Waals surface area (Å²) >= 11 is 0. The van der Waals surface area contributed by atoms with E-state index in [1.54, 1.807) is 7.05 Å². The van der Waals surface area contributed by atoms with Crippen LogP contribution in [0, 0.1) is 0 Å². The Bertz CT molecular complexity index is 787. The van der Waals surface area contributed by atoms with E-state index in [0.29, 0.717) is 17.5 Å². The van der Waals surface area contributed by atoms with Gasteiger partial charge in [0.05, 0.1) is 22.6 Å². The van der Waals surface area contributed by atoms with Gasteiger partial charge in [-0.15, -0.1) is 0 Å². The molecule has 1 saturated carbocycles. The molecule has 1 aromatic rings. The maximum absolute atomic E-state index is 12.7. The van der Waals surface area contributed by atoms with Gasteiger partial charge in [0, 0.05) is 31.5 Å². The van der Waals surface area contributed by atoms with Crippen LogP contribution < -0.4 is 5.32 Å². The molecule has 0 radical (unpaired) electrons. The number of amides is 2. The van der Waals surface area contributed by atoms with Crippen molar-refractivity contribution in [2.75, 3.05) is 18.6 Å². The molecule has 26 heavy (non-hydrogen) atoms. The summed E-state index contributed by atoms with van der Waals surface area (Å²) in [6.07, 6.45) is 8.73.